The highest BCUT2D eigenvalue weighted by atomic mass is 16.1. The third-order valence-electron chi connectivity index (χ3n) is 4.51. The van der Waals surface area contributed by atoms with E-state index in [-0.39, 0.29) is 11.9 Å². The summed E-state index contributed by atoms with van der Waals surface area (Å²) in [6.45, 7) is 7.40. The zero-order valence-electron chi connectivity index (χ0n) is 13.2. The first-order chi connectivity index (χ1) is 10.2. The highest BCUT2D eigenvalue weighted by Crippen LogP contribution is 2.33. The third-order valence-corrected chi connectivity index (χ3v) is 4.51. The zero-order valence-corrected chi connectivity index (χ0v) is 13.2. The molecule has 5 nitrogen and oxygen atoms in total. The Hall–Kier alpha value is -1.65. The molecular formula is C16H26N4O. The van der Waals surface area contributed by atoms with Gasteiger partial charge in [-0.05, 0) is 31.1 Å². The average Bonchev–Trinajstić information content (AvgIpc) is 2.86. The molecule has 21 heavy (non-hydrogen) atoms. The van der Waals surface area contributed by atoms with E-state index in [4.69, 9.17) is 0 Å². The number of hydrogen-bond acceptors (Lipinski definition) is 4. The number of amides is 1. The summed E-state index contributed by atoms with van der Waals surface area (Å²) in [7, 11) is 0. The maximum absolute atomic E-state index is 12.2. The summed E-state index contributed by atoms with van der Waals surface area (Å²) in [5.74, 6) is 1.87. The molecule has 1 saturated carbocycles. The van der Waals surface area contributed by atoms with E-state index < -0.39 is 0 Å². The molecule has 0 spiro atoms. The summed E-state index contributed by atoms with van der Waals surface area (Å²) in [5.41, 5.74) is 0.393. The van der Waals surface area contributed by atoms with Crippen molar-refractivity contribution in [3.05, 3.63) is 18.1 Å². The molecule has 0 bridgehead atoms. The van der Waals surface area contributed by atoms with Crippen LogP contribution in [-0.4, -0.2) is 28.5 Å². The molecule has 5 heteroatoms. The summed E-state index contributed by atoms with van der Waals surface area (Å²) in [5, 5.41) is 6.26. The molecule has 0 radical (unpaired) electrons. The summed E-state index contributed by atoms with van der Waals surface area (Å²) in [4.78, 5) is 20.7. The van der Waals surface area contributed by atoms with Crippen LogP contribution in [0.3, 0.4) is 0 Å². The lowest BCUT2D eigenvalue weighted by molar-refractivity contribution is 0.0921. The molecule has 1 amide bonds. The molecule has 3 atom stereocenters. The number of anilines is 1. The molecule has 116 valence electrons. The molecule has 1 fully saturated rings. The Morgan fingerprint density at radius 3 is 2.67 bits per heavy atom. The fraction of sp³-hybridized carbons (Fsp3) is 0.688. The Balaban J connectivity index is 1.91. The predicted molar refractivity (Wildman–Crippen MR) is 84.2 cm³/mol. The normalized spacial score (nSPS) is 24.8. The number of carbonyl (C=O) groups is 1. The van der Waals surface area contributed by atoms with Crippen molar-refractivity contribution >= 4 is 11.7 Å². The molecule has 2 N–H and O–H groups in total. The first-order valence-electron chi connectivity index (χ1n) is 8.02. The van der Waals surface area contributed by atoms with Crippen LogP contribution in [0.25, 0.3) is 0 Å². The van der Waals surface area contributed by atoms with Crippen molar-refractivity contribution in [3.63, 3.8) is 0 Å². The summed E-state index contributed by atoms with van der Waals surface area (Å²) in [6, 6.07) is 0.266. The molecular weight excluding hydrogens is 264 g/mol. The van der Waals surface area contributed by atoms with Gasteiger partial charge < -0.3 is 10.6 Å². The van der Waals surface area contributed by atoms with Gasteiger partial charge in [0.15, 0.2) is 0 Å². The Kier molecular flexibility index (Phi) is 5.53. The Bertz CT molecular complexity index is 460. The Morgan fingerprint density at radius 2 is 2.10 bits per heavy atom. The van der Waals surface area contributed by atoms with Crippen molar-refractivity contribution in [1.82, 2.24) is 15.3 Å². The SMILES string of the molecule is CCCNc1cnc(C(=O)NC2CCC(CC)C2C)cn1. The van der Waals surface area contributed by atoms with E-state index in [2.05, 4.69) is 41.4 Å². The quantitative estimate of drug-likeness (QED) is 0.845. The molecule has 1 aliphatic carbocycles. The first-order valence-corrected chi connectivity index (χ1v) is 8.02. The number of nitrogens with one attached hydrogen (secondary N) is 2. The monoisotopic (exact) mass is 290 g/mol. The molecule has 2 rings (SSSR count). The van der Waals surface area contributed by atoms with Crippen LogP contribution in [0.4, 0.5) is 5.82 Å². The maximum atomic E-state index is 12.2. The third kappa shape index (κ3) is 3.93. The van der Waals surface area contributed by atoms with E-state index >= 15 is 0 Å². The number of rotatable bonds is 6. The van der Waals surface area contributed by atoms with Crippen LogP contribution in [0.5, 0.6) is 0 Å². The van der Waals surface area contributed by atoms with Gasteiger partial charge in [0.25, 0.3) is 5.91 Å². The Labute approximate surface area is 127 Å². The van der Waals surface area contributed by atoms with Gasteiger partial charge in [0.05, 0.1) is 12.4 Å². The van der Waals surface area contributed by atoms with Crippen molar-refractivity contribution in [2.45, 2.75) is 52.5 Å². The van der Waals surface area contributed by atoms with Gasteiger partial charge in [-0.3, -0.25) is 4.79 Å². The highest BCUT2D eigenvalue weighted by Gasteiger charge is 2.32. The molecule has 1 heterocycles. The van der Waals surface area contributed by atoms with Crippen LogP contribution in [0.1, 0.15) is 56.9 Å². The number of carbonyl (C=O) groups excluding carboxylic acids is 1. The lowest BCUT2D eigenvalue weighted by Gasteiger charge is -2.20. The molecule has 1 aromatic heterocycles. The van der Waals surface area contributed by atoms with Crippen molar-refractivity contribution in [2.75, 3.05) is 11.9 Å². The van der Waals surface area contributed by atoms with Gasteiger partial charge >= 0.3 is 0 Å². The fourth-order valence-electron chi connectivity index (χ4n) is 3.06. The molecule has 1 aliphatic rings. The van der Waals surface area contributed by atoms with Crippen LogP contribution < -0.4 is 10.6 Å². The second-order valence-electron chi connectivity index (χ2n) is 5.90. The zero-order chi connectivity index (χ0) is 15.2. The van der Waals surface area contributed by atoms with Gasteiger partial charge in [0.1, 0.15) is 11.5 Å². The number of hydrogen-bond donors (Lipinski definition) is 2. The summed E-state index contributed by atoms with van der Waals surface area (Å²) in [6.07, 6.45) is 7.65. The molecule has 1 aromatic rings. The molecule has 0 aliphatic heterocycles. The van der Waals surface area contributed by atoms with Crippen LogP contribution in [0.2, 0.25) is 0 Å². The average molecular weight is 290 g/mol. The molecule has 0 saturated heterocycles. The number of aromatic nitrogens is 2. The lowest BCUT2D eigenvalue weighted by Crippen LogP contribution is -2.38. The van der Waals surface area contributed by atoms with E-state index in [0.717, 1.165) is 25.3 Å². The van der Waals surface area contributed by atoms with Crippen LogP contribution in [-0.2, 0) is 0 Å². The minimum absolute atomic E-state index is 0.113. The van der Waals surface area contributed by atoms with E-state index in [1.54, 1.807) is 12.4 Å². The topological polar surface area (TPSA) is 66.9 Å². The fourth-order valence-corrected chi connectivity index (χ4v) is 3.06. The van der Waals surface area contributed by atoms with Gasteiger partial charge in [-0.15, -0.1) is 0 Å². The van der Waals surface area contributed by atoms with Gasteiger partial charge in [0.2, 0.25) is 0 Å². The van der Waals surface area contributed by atoms with Crippen LogP contribution >= 0.6 is 0 Å². The predicted octanol–water partition coefficient (Wildman–Crippen LogP) is 2.85. The van der Waals surface area contributed by atoms with Crippen LogP contribution in [0.15, 0.2) is 12.4 Å². The molecule has 0 aromatic carbocycles. The highest BCUT2D eigenvalue weighted by molar-refractivity contribution is 5.92. The first kappa shape index (κ1) is 15.7. The van der Waals surface area contributed by atoms with Crippen molar-refractivity contribution in [2.24, 2.45) is 11.8 Å². The van der Waals surface area contributed by atoms with E-state index in [1.165, 1.54) is 12.8 Å². The van der Waals surface area contributed by atoms with Crippen molar-refractivity contribution in [3.8, 4) is 0 Å². The van der Waals surface area contributed by atoms with E-state index in [9.17, 15) is 4.79 Å². The number of nitrogens with zero attached hydrogens (tertiary/aromatic N) is 2. The standard InChI is InChI=1S/C16H26N4O/c1-4-8-17-15-10-18-14(9-19-15)16(21)20-13-7-6-12(5-2)11(13)3/h9-13H,4-8H2,1-3H3,(H,17,19)(H,20,21). The van der Waals surface area contributed by atoms with Gasteiger partial charge in [-0.1, -0.05) is 27.2 Å². The van der Waals surface area contributed by atoms with E-state index in [1.807, 2.05) is 0 Å². The smallest absolute Gasteiger partial charge is 0.271 e. The molecule has 3 unspecified atom stereocenters. The van der Waals surface area contributed by atoms with Gasteiger partial charge in [0, 0.05) is 12.6 Å². The van der Waals surface area contributed by atoms with Gasteiger partial charge in [-0.2, -0.15) is 0 Å². The minimum atomic E-state index is -0.113. The van der Waals surface area contributed by atoms with Crippen molar-refractivity contribution < 1.29 is 4.79 Å². The second-order valence-corrected chi connectivity index (χ2v) is 5.90. The van der Waals surface area contributed by atoms with E-state index in [0.29, 0.717) is 17.4 Å². The summed E-state index contributed by atoms with van der Waals surface area (Å²) < 4.78 is 0. The lowest BCUT2D eigenvalue weighted by atomic mass is 9.93. The van der Waals surface area contributed by atoms with Gasteiger partial charge in [-0.25, -0.2) is 9.97 Å². The van der Waals surface area contributed by atoms with Crippen molar-refractivity contribution in [1.29, 1.82) is 0 Å². The Morgan fingerprint density at radius 1 is 1.29 bits per heavy atom. The summed E-state index contributed by atoms with van der Waals surface area (Å²) >= 11 is 0. The maximum Gasteiger partial charge on any atom is 0.271 e. The largest absolute Gasteiger partial charge is 0.369 e. The minimum Gasteiger partial charge on any atom is -0.369 e. The van der Waals surface area contributed by atoms with Crippen LogP contribution in [0, 0.1) is 11.8 Å². The second kappa shape index (κ2) is 7.38.